The SMILES string of the molecule is CC1(C)CCN([C-]=O)CC1.Cc1[c-]c2ccccc2[nH]1.[Y]. The number of likely N-dealkylation sites (tertiary alicyclic amines) is 1. The molecule has 1 aliphatic rings. The molecule has 1 saturated heterocycles. The van der Waals surface area contributed by atoms with Gasteiger partial charge in [0.25, 0.3) is 0 Å². The van der Waals surface area contributed by atoms with Gasteiger partial charge in [0.05, 0.1) is 0 Å². The Hall–Kier alpha value is -0.666. The van der Waals surface area contributed by atoms with Crippen LogP contribution in [0.5, 0.6) is 0 Å². The molecular formula is C17H22N2OY-2. The molecule has 2 heterocycles. The average molecular weight is 359 g/mol. The summed E-state index contributed by atoms with van der Waals surface area (Å²) in [6.07, 6.45) is 4.15. The third-order valence-corrected chi connectivity index (χ3v) is 3.82. The molecule has 2 aromatic rings. The van der Waals surface area contributed by atoms with Crippen LogP contribution in [0.1, 0.15) is 32.4 Å². The molecule has 111 valence electrons. The van der Waals surface area contributed by atoms with Gasteiger partial charge in [-0.25, -0.2) is 0 Å². The van der Waals surface area contributed by atoms with Crippen LogP contribution in [0.4, 0.5) is 0 Å². The van der Waals surface area contributed by atoms with Crippen molar-refractivity contribution >= 4 is 17.3 Å². The first-order valence-corrected chi connectivity index (χ1v) is 7.09. The van der Waals surface area contributed by atoms with Gasteiger partial charge in [-0.05, 0) is 38.3 Å². The molecule has 3 nitrogen and oxygen atoms in total. The van der Waals surface area contributed by atoms with Gasteiger partial charge in [0.1, 0.15) is 0 Å². The van der Waals surface area contributed by atoms with Crippen molar-refractivity contribution in [2.75, 3.05) is 13.1 Å². The third-order valence-electron chi connectivity index (χ3n) is 3.82. The fourth-order valence-corrected chi connectivity index (χ4v) is 2.34. The van der Waals surface area contributed by atoms with E-state index < -0.39 is 0 Å². The molecule has 1 radical (unpaired) electrons. The normalized spacial score (nSPS) is 16.6. The molecule has 1 amide bonds. The maximum Gasteiger partial charge on any atom is 0 e. The number of aromatic nitrogens is 1. The molecule has 1 N–H and O–H groups in total. The predicted octanol–water partition coefficient (Wildman–Crippen LogP) is 3.45. The van der Waals surface area contributed by atoms with Gasteiger partial charge in [-0.1, -0.05) is 37.2 Å². The summed E-state index contributed by atoms with van der Waals surface area (Å²) in [5, 5.41) is 1.17. The number of aromatic amines is 1. The van der Waals surface area contributed by atoms with E-state index in [9.17, 15) is 4.79 Å². The second kappa shape index (κ2) is 8.09. The van der Waals surface area contributed by atoms with Crippen molar-refractivity contribution in [1.29, 1.82) is 0 Å². The minimum atomic E-state index is 0. The molecule has 0 unspecified atom stereocenters. The van der Waals surface area contributed by atoms with Gasteiger partial charge in [0.15, 0.2) is 0 Å². The van der Waals surface area contributed by atoms with E-state index in [1.54, 1.807) is 4.90 Å². The molecule has 1 aliphatic heterocycles. The Labute approximate surface area is 152 Å². The number of H-pyrrole nitrogens is 1. The number of fused-ring (bicyclic) bond motifs is 1. The molecule has 4 heteroatoms. The molecule has 0 atom stereocenters. The number of piperidine rings is 1. The minimum absolute atomic E-state index is 0. The summed E-state index contributed by atoms with van der Waals surface area (Å²) < 4.78 is 0. The maximum atomic E-state index is 10.2. The molecular weight excluding hydrogens is 337 g/mol. The van der Waals surface area contributed by atoms with Gasteiger partial charge in [-0.3, -0.25) is 0 Å². The number of hydrogen-bond donors (Lipinski definition) is 1. The van der Waals surface area contributed by atoms with Crippen molar-refractivity contribution in [1.82, 2.24) is 9.88 Å². The second-order valence-corrected chi connectivity index (χ2v) is 6.16. The number of aryl methyl sites for hydroxylation is 1. The van der Waals surface area contributed by atoms with Crippen molar-refractivity contribution in [3.05, 3.63) is 36.0 Å². The van der Waals surface area contributed by atoms with Crippen LogP contribution in [-0.4, -0.2) is 29.4 Å². The van der Waals surface area contributed by atoms with Crippen LogP contribution in [0.2, 0.25) is 0 Å². The van der Waals surface area contributed by atoms with Crippen LogP contribution in [0, 0.1) is 18.4 Å². The van der Waals surface area contributed by atoms with Crippen molar-refractivity contribution in [3.8, 4) is 0 Å². The fraction of sp³-hybridized carbons (Fsp3) is 0.471. The minimum Gasteiger partial charge on any atom is -0.520 e. The number of amides is 1. The standard InChI is InChI=1S/C9H8N.C8H14NO.Y/c1-7-6-8-4-2-3-5-9(8)10-7;1-8(2)3-5-9(7-10)6-4-8;/h2-5,10H,1H3;3-6H2,1-2H3;/q2*-1;. The van der Waals surface area contributed by atoms with E-state index in [1.165, 1.54) is 10.9 Å². The maximum absolute atomic E-state index is 10.2. The van der Waals surface area contributed by atoms with E-state index in [0.717, 1.165) is 31.6 Å². The van der Waals surface area contributed by atoms with Crippen LogP contribution >= 0.6 is 0 Å². The van der Waals surface area contributed by atoms with E-state index in [-0.39, 0.29) is 32.7 Å². The first-order chi connectivity index (χ1) is 9.50. The fourth-order valence-electron chi connectivity index (χ4n) is 2.34. The zero-order valence-corrected chi connectivity index (χ0v) is 15.9. The van der Waals surface area contributed by atoms with Crippen molar-refractivity contribution in [2.24, 2.45) is 5.41 Å². The van der Waals surface area contributed by atoms with E-state index in [2.05, 4.69) is 37.0 Å². The summed E-state index contributed by atoms with van der Waals surface area (Å²) in [5.74, 6) is 0. The molecule has 0 bridgehead atoms. The van der Waals surface area contributed by atoms with E-state index >= 15 is 0 Å². The van der Waals surface area contributed by atoms with Gasteiger partial charge in [0.2, 0.25) is 0 Å². The predicted molar refractivity (Wildman–Crippen MR) is 82.2 cm³/mol. The van der Waals surface area contributed by atoms with E-state index in [0.29, 0.717) is 5.41 Å². The van der Waals surface area contributed by atoms with Gasteiger partial charge in [0, 0.05) is 32.7 Å². The number of hydrogen-bond acceptors (Lipinski definition) is 1. The van der Waals surface area contributed by atoms with Crippen LogP contribution in [0.3, 0.4) is 0 Å². The number of carbonyl (C=O) groups excluding carboxylic acids is 1. The first kappa shape index (κ1) is 18.4. The van der Waals surface area contributed by atoms with Crippen LogP contribution < -0.4 is 0 Å². The molecule has 0 saturated carbocycles. The summed E-state index contributed by atoms with van der Waals surface area (Å²) in [6, 6.07) is 11.4. The number of nitrogens with one attached hydrogen (secondary N) is 1. The zero-order chi connectivity index (χ0) is 14.6. The summed E-state index contributed by atoms with van der Waals surface area (Å²) in [4.78, 5) is 15.1. The quantitative estimate of drug-likeness (QED) is 0.778. The number of nitrogens with zero attached hydrogens (tertiary/aromatic N) is 1. The Morgan fingerprint density at radius 1 is 1.24 bits per heavy atom. The molecule has 0 aliphatic carbocycles. The van der Waals surface area contributed by atoms with Crippen LogP contribution in [-0.2, 0) is 37.5 Å². The van der Waals surface area contributed by atoms with Gasteiger partial charge in [-0.15, -0.1) is 6.07 Å². The van der Waals surface area contributed by atoms with Gasteiger partial charge in [-0.2, -0.15) is 23.9 Å². The molecule has 1 fully saturated rings. The van der Waals surface area contributed by atoms with E-state index in [1.807, 2.05) is 25.5 Å². The summed E-state index contributed by atoms with van der Waals surface area (Å²) >= 11 is 0. The monoisotopic (exact) mass is 359 g/mol. The van der Waals surface area contributed by atoms with Crippen molar-refractivity contribution in [2.45, 2.75) is 33.6 Å². The Kier molecular flexibility index (Phi) is 7.09. The second-order valence-electron chi connectivity index (χ2n) is 6.16. The van der Waals surface area contributed by atoms with Crippen LogP contribution in [0.15, 0.2) is 24.3 Å². The number of para-hydroxylation sites is 1. The Morgan fingerprint density at radius 2 is 1.86 bits per heavy atom. The smallest absolute Gasteiger partial charge is 0 e. The van der Waals surface area contributed by atoms with Crippen molar-refractivity contribution in [3.63, 3.8) is 0 Å². The largest absolute Gasteiger partial charge is 0.520 e. The van der Waals surface area contributed by atoms with E-state index in [4.69, 9.17) is 0 Å². The summed E-state index contributed by atoms with van der Waals surface area (Å²) in [5.41, 5.74) is 2.70. The molecule has 1 aromatic heterocycles. The molecule has 21 heavy (non-hydrogen) atoms. The Balaban J connectivity index is 0.000000200. The number of benzene rings is 1. The molecule has 3 rings (SSSR count). The van der Waals surface area contributed by atoms with Crippen LogP contribution in [0.25, 0.3) is 10.9 Å². The van der Waals surface area contributed by atoms with Gasteiger partial charge >= 0.3 is 0 Å². The van der Waals surface area contributed by atoms with Gasteiger partial charge < -0.3 is 14.7 Å². The molecule has 0 spiro atoms. The zero-order valence-electron chi connectivity index (χ0n) is 13.1. The average Bonchev–Trinajstić information content (AvgIpc) is 2.79. The topological polar surface area (TPSA) is 36.1 Å². The van der Waals surface area contributed by atoms with Crippen molar-refractivity contribution < 1.29 is 37.5 Å². The third kappa shape index (κ3) is 5.56. The Morgan fingerprint density at radius 3 is 2.43 bits per heavy atom. The first-order valence-electron chi connectivity index (χ1n) is 7.09. The Bertz CT molecular complexity index is 534. The number of rotatable bonds is 1. The summed E-state index contributed by atoms with van der Waals surface area (Å²) in [7, 11) is 0. The molecule has 1 aromatic carbocycles. The summed E-state index contributed by atoms with van der Waals surface area (Å²) in [6.45, 7) is 8.28.